The van der Waals surface area contributed by atoms with Crippen LogP contribution in [0.1, 0.15) is 68.1 Å². The summed E-state index contributed by atoms with van der Waals surface area (Å²) >= 11 is 0. The summed E-state index contributed by atoms with van der Waals surface area (Å²) < 4.78 is 5.22. The molecule has 2 N–H and O–H groups in total. The minimum Gasteiger partial charge on any atom is -0.444 e. The number of carbonyl (C=O) groups is 2. The average Bonchev–Trinajstić information content (AvgIpc) is 2.68. The third kappa shape index (κ3) is 6.76. The standard InChI is InChI=1S/C25H32N2O3/c1-7-19(8-2)22-14-13-21(15-17(22)3)27-23(28)20-11-9-18(10-12-20)16-26-24(29)30-25(4,5)6/h7,9-15H,8,16H2,1-6H3,(H,26,29)(H,27,28)/b19-7+. The summed E-state index contributed by atoms with van der Waals surface area (Å²) in [7, 11) is 0. The highest BCUT2D eigenvalue weighted by atomic mass is 16.6. The zero-order chi connectivity index (χ0) is 22.3. The molecule has 2 aromatic carbocycles. The minimum atomic E-state index is -0.534. The summed E-state index contributed by atoms with van der Waals surface area (Å²) in [6.45, 7) is 12.0. The summed E-state index contributed by atoms with van der Waals surface area (Å²) in [5.41, 5.74) is 5.31. The van der Waals surface area contributed by atoms with E-state index in [9.17, 15) is 9.59 Å². The van der Waals surface area contributed by atoms with Crippen molar-refractivity contribution in [2.24, 2.45) is 0 Å². The second-order valence-corrected chi connectivity index (χ2v) is 8.20. The summed E-state index contributed by atoms with van der Waals surface area (Å²) in [4.78, 5) is 24.3. The van der Waals surface area contributed by atoms with Crippen LogP contribution in [0.3, 0.4) is 0 Å². The third-order valence-electron chi connectivity index (χ3n) is 4.61. The van der Waals surface area contributed by atoms with Gasteiger partial charge in [0.1, 0.15) is 5.60 Å². The van der Waals surface area contributed by atoms with E-state index in [-0.39, 0.29) is 5.91 Å². The number of amides is 2. The quantitative estimate of drug-likeness (QED) is 0.608. The summed E-state index contributed by atoms with van der Waals surface area (Å²) in [5, 5.41) is 5.66. The van der Waals surface area contributed by atoms with Gasteiger partial charge in [-0.05, 0) is 87.6 Å². The van der Waals surface area contributed by atoms with Crippen LogP contribution in [0.4, 0.5) is 10.5 Å². The van der Waals surface area contributed by atoms with Crippen molar-refractivity contribution in [3.05, 3.63) is 70.8 Å². The molecular weight excluding hydrogens is 376 g/mol. The maximum Gasteiger partial charge on any atom is 0.407 e. The Morgan fingerprint density at radius 3 is 2.27 bits per heavy atom. The fourth-order valence-electron chi connectivity index (χ4n) is 3.12. The number of carbonyl (C=O) groups excluding carboxylic acids is 2. The van der Waals surface area contributed by atoms with Gasteiger partial charge >= 0.3 is 6.09 Å². The second kappa shape index (κ2) is 10.1. The maximum atomic E-state index is 12.6. The van der Waals surface area contributed by atoms with Crippen LogP contribution in [0.2, 0.25) is 0 Å². The number of alkyl carbamates (subject to hydrolysis) is 1. The van der Waals surface area contributed by atoms with Crippen LogP contribution in [0.25, 0.3) is 5.57 Å². The molecule has 0 bridgehead atoms. The van der Waals surface area contributed by atoms with E-state index in [1.54, 1.807) is 12.1 Å². The van der Waals surface area contributed by atoms with Gasteiger partial charge in [-0.3, -0.25) is 4.79 Å². The molecule has 0 spiro atoms. The number of aryl methyl sites for hydroxylation is 1. The van der Waals surface area contributed by atoms with Crippen LogP contribution in [0, 0.1) is 6.92 Å². The van der Waals surface area contributed by atoms with Crippen molar-refractivity contribution >= 4 is 23.3 Å². The monoisotopic (exact) mass is 408 g/mol. The Kier molecular flexibility index (Phi) is 7.81. The van der Waals surface area contributed by atoms with Gasteiger partial charge in [-0.2, -0.15) is 0 Å². The predicted molar refractivity (Wildman–Crippen MR) is 123 cm³/mol. The number of rotatable bonds is 6. The van der Waals surface area contributed by atoms with Crippen molar-refractivity contribution in [2.45, 2.75) is 60.1 Å². The van der Waals surface area contributed by atoms with E-state index in [1.807, 2.05) is 52.0 Å². The first-order chi connectivity index (χ1) is 14.1. The summed E-state index contributed by atoms with van der Waals surface area (Å²) in [6.07, 6.45) is 2.63. The first-order valence-corrected chi connectivity index (χ1v) is 10.3. The van der Waals surface area contributed by atoms with E-state index >= 15 is 0 Å². The van der Waals surface area contributed by atoms with Crippen molar-refractivity contribution in [1.29, 1.82) is 0 Å². The number of ether oxygens (including phenoxy) is 1. The van der Waals surface area contributed by atoms with Gasteiger partial charge in [0.25, 0.3) is 5.91 Å². The van der Waals surface area contributed by atoms with Gasteiger partial charge in [0.15, 0.2) is 0 Å². The zero-order valence-electron chi connectivity index (χ0n) is 18.8. The smallest absolute Gasteiger partial charge is 0.407 e. The highest BCUT2D eigenvalue weighted by Gasteiger charge is 2.15. The largest absolute Gasteiger partial charge is 0.444 e. The Morgan fingerprint density at radius 2 is 1.73 bits per heavy atom. The molecule has 0 aliphatic carbocycles. The zero-order valence-corrected chi connectivity index (χ0v) is 18.8. The fraction of sp³-hybridized carbons (Fsp3) is 0.360. The summed E-state index contributed by atoms with van der Waals surface area (Å²) in [6, 6.07) is 13.1. The molecule has 0 aromatic heterocycles. The van der Waals surface area contributed by atoms with Crippen LogP contribution in [-0.2, 0) is 11.3 Å². The van der Waals surface area contributed by atoms with E-state index in [0.717, 1.165) is 23.2 Å². The molecule has 0 atom stereocenters. The first kappa shape index (κ1) is 23.2. The Balaban J connectivity index is 1.98. The van der Waals surface area contributed by atoms with E-state index < -0.39 is 11.7 Å². The third-order valence-corrected chi connectivity index (χ3v) is 4.61. The number of hydrogen-bond donors (Lipinski definition) is 2. The van der Waals surface area contributed by atoms with Gasteiger partial charge in [0, 0.05) is 17.8 Å². The highest BCUT2D eigenvalue weighted by Crippen LogP contribution is 2.24. The van der Waals surface area contributed by atoms with Crippen LogP contribution in [0.15, 0.2) is 48.5 Å². The SMILES string of the molecule is C/C=C(\CC)c1ccc(NC(=O)c2ccc(CNC(=O)OC(C)(C)C)cc2)cc1C. The van der Waals surface area contributed by atoms with Gasteiger partial charge in [0.05, 0.1) is 0 Å². The molecule has 0 aliphatic rings. The van der Waals surface area contributed by atoms with Crippen LogP contribution in [0.5, 0.6) is 0 Å². The molecule has 2 amide bonds. The molecule has 0 heterocycles. The van der Waals surface area contributed by atoms with Gasteiger partial charge < -0.3 is 15.4 Å². The van der Waals surface area contributed by atoms with E-state index in [1.165, 1.54) is 11.1 Å². The maximum absolute atomic E-state index is 12.6. The van der Waals surface area contributed by atoms with Gasteiger partial charge in [0.2, 0.25) is 0 Å². The molecule has 5 heteroatoms. The van der Waals surface area contributed by atoms with Crippen molar-refractivity contribution < 1.29 is 14.3 Å². The Hall–Kier alpha value is -3.08. The lowest BCUT2D eigenvalue weighted by molar-refractivity contribution is 0.0523. The van der Waals surface area contributed by atoms with Crippen LogP contribution in [-0.4, -0.2) is 17.6 Å². The number of hydrogen-bond acceptors (Lipinski definition) is 3. The van der Waals surface area contributed by atoms with E-state index in [4.69, 9.17) is 4.74 Å². The number of benzene rings is 2. The Morgan fingerprint density at radius 1 is 1.07 bits per heavy atom. The topological polar surface area (TPSA) is 67.4 Å². The molecule has 0 saturated heterocycles. The molecule has 30 heavy (non-hydrogen) atoms. The first-order valence-electron chi connectivity index (χ1n) is 10.3. The molecule has 0 unspecified atom stereocenters. The molecule has 0 radical (unpaired) electrons. The van der Waals surface area contributed by atoms with Crippen molar-refractivity contribution in [3.8, 4) is 0 Å². The van der Waals surface area contributed by atoms with E-state index in [0.29, 0.717) is 12.1 Å². The fourth-order valence-corrected chi connectivity index (χ4v) is 3.12. The lowest BCUT2D eigenvalue weighted by atomic mass is 9.98. The van der Waals surface area contributed by atoms with Gasteiger partial charge in [-0.1, -0.05) is 31.2 Å². The normalized spacial score (nSPS) is 11.7. The number of allylic oxidation sites excluding steroid dienone is 2. The number of anilines is 1. The van der Waals surface area contributed by atoms with Crippen LogP contribution < -0.4 is 10.6 Å². The van der Waals surface area contributed by atoms with Gasteiger partial charge in [-0.25, -0.2) is 4.79 Å². The molecular formula is C25H32N2O3. The Labute approximate surface area is 179 Å². The lowest BCUT2D eigenvalue weighted by Gasteiger charge is -2.19. The molecule has 5 nitrogen and oxygen atoms in total. The average molecular weight is 409 g/mol. The van der Waals surface area contributed by atoms with Crippen molar-refractivity contribution in [3.63, 3.8) is 0 Å². The minimum absolute atomic E-state index is 0.171. The van der Waals surface area contributed by atoms with Crippen molar-refractivity contribution in [1.82, 2.24) is 5.32 Å². The molecule has 0 fully saturated rings. The predicted octanol–water partition coefficient (Wildman–Crippen LogP) is 6.09. The second-order valence-electron chi connectivity index (χ2n) is 8.20. The van der Waals surface area contributed by atoms with E-state index in [2.05, 4.69) is 36.6 Å². The van der Waals surface area contributed by atoms with Crippen molar-refractivity contribution in [2.75, 3.05) is 5.32 Å². The molecule has 0 saturated carbocycles. The van der Waals surface area contributed by atoms with Crippen LogP contribution >= 0.6 is 0 Å². The Bertz CT molecular complexity index is 922. The molecule has 0 aliphatic heterocycles. The molecule has 160 valence electrons. The summed E-state index contributed by atoms with van der Waals surface area (Å²) in [5.74, 6) is -0.171. The lowest BCUT2D eigenvalue weighted by Crippen LogP contribution is -2.32. The highest BCUT2D eigenvalue weighted by molar-refractivity contribution is 6.04. The molecule has 2 rings (SSSR count). The number of nitrogens with one attached hydrogen (secondary N) is 2. The van der Waals surface area contributed by atoms with Gasteiger partial charge in [-0.15, -0.1) is 0 Å². The molecule has 2 aromatic rings.